The van der Waals surface area contributed by atoms with Crippen molar-refractivity contribution in [2.45, 2.75) is 219 Å². The Bertz CT molecular complexity index is 2690. The first-order chi connectivity index (χ1) is 41.5. The number of hydrogen-bond donors (Lipinski definition) is 3. The van der Waals surface area contributed by atoms with Gasteiger partial charge < -0.3 is 48.9 Å². The van der Waals surface area contributed by atoms with Crippen LogP contribution in [0.4, 0.5) is 17.1 Å². The number of azide groups is 1. The van der Waals surface area contributed by atoms with Crippen LogP contribution in [0.3, 0.4) is 0 Å². The number of piperidine rings is 1. The molecule has 2 saturated heterocycles. The number of nitro benzene ring substituents is 1. The van der Waals surface area contributed by atoms with Crippen molar-refractivity contribution in [1.82, 2.24) is 4.90 Å². The van der Waals surface area contributed by atoms with Gasteiger partial charge in [0.05, 0.1) is 29.3 Å². The second-order valence-corrected chi connectivity index (χ2v) is 24.6. The molecule has 1 amide bonds. The molecule has 1 saturated carbocycles. The monoisotopic (exact) mass is 1220 g/mol. The number of carbonyl (C=O) groups is 6. The number of hydrogen-bond acceptors (Lipinski definition) is 18. The molecule has 3 fully saturated rings. The Kier molecular flexibility index (Phi) is 28.9. The second kappa shape index (κ2) is 35.2. The number of fused-ring (bicyclic) bond motifs is 3. The first-order valence-electron chi connectivity index (χ1n) is 31.2. The van der Waals surface area contributed by atoms with Gasteiger partial charge in [-0.3, -0.25) is 34.1 Å². The SMILES string of the molecule is CO[C@H]1C[C@@H]2CC[C@@H](C)[C@@](O)(O2)C(=O)C(=O)N2CCCC[C@H]2C(=O)O[C@H]([C@H](C)C[C@@H]2CC[C@@H](O)[C@H](OC)C2)CC(=O)[C@H](C)/C=C(\C)[C@@H](OC(=O)CCCCCCCNc2ccc(N=[N+]=[N-])cc2[N+](=O)[O-])[C@@H](OC)C(=O)[C@H](C)C[C@H](C)/C=C/C=C/C=C/1C. The number of ketones is 3. The lowest BCUT2D eigenvalue weighted by Gasteiger charge is -2.42. The minimum atomic E-state index is -2.47. The summed E-state index contributed by atoms with van der Waals surface area (Å²) in [5.41, 5.74) is 10.2. The number of methoxy groups -OCH3 is 3. The van der Waals surface area contributed by atoms with E-state index in [1.165, 1.54) is 30.2 Å². The Morgan fingerprint density at radius 2 is 1.64 bits per heavy atom. The molecule has 22 heteroatoms. The summed E-state index contributed by atoms with van der Waals surface area (Å²) in [5.74, 6) is -9.27. The van der Waals surface area contributed by atoms with Gasteiger partial charge in [-0.05, 0) is 131 Å². The zero-order chi connectivity index (χ0) is 64.0. The van der Waals surface area contributed by atoms with E-state index in [0.717, 1.165) is 18.4 Å². The minimum absolute atomic E-state index is 0.0269. The Labute approximate surface area is 513 Å². The fraction of sp³-hybridized carbons (Fsp3) is 0.692. The molecule has 3 heterocycles. The maximum Gasteiger partial charge on any atom is 0.329 e. The molecule has 22 nitrogen and oxygen atoms in total. The third kappa shape index (κ3) is 20.7. The zero-order valence-corrected chi connectivity index (χ0v) is 52.8. The summed E-state index contributed by atoms with van der Waals surface area (Å²) in [6.07, 6.45) is 13.7. The van der Waals surface area contributed by atoms with Gasteiger partial charge in [-0.15, -0.1) is 0 Å². The Hall–Kier alpha value is -6.13. The summed E-state index contributed by atoms with van der Waals surface area (Å²) >= 11 is 0. The summed E-state index contributed by atoms with van der Waals surface area (Å²) < 4.78 is 36.2. The molecule has 2 bridgehead atoms. The third-order valence-electron chi connectivity index (χ3n) is 17.9. The lowest BCUT2D eigenvalue weighted by Crippen LogP contribution is -2.61. The average molecular weight is 1220 g/mol. The lowest BCUT2D eigenvalue weighted by molar-refractivity contribution is -0.383. The molecule has 0 spiro atoms. The van der Waals surface area contributed by atoms with E-state index in [2.05, 4.69) is 15.3 Å². The molecular formula is C65H96N6O16. The Balaban J connectivity index is 1.42. The van der Waals surface area contributed by atoms with Gasteiger partial charge in [-0.25, -0.2) is 4.79 Å². The summed E-state index contributed by atoms with van der Waals surface area (Å²) in [7, 11) is 4.49. The summed E-state index contributed by atoms with van der Waals surface area (Å²) in [4.78, 5) is 102. The number of rotatable bonds is 18. The normalized spacial score (nSPS) is 32.9. The second-order valence-electron chi connectivity index (χ2n) is 24.6. The number of allylic oxidation sites excluding steroid dienone is 6. The number of nitrogens with zero attached hydrogens (tertiary/aromatic N) is 5. The molecule has 4 aliphatic rings. The number of unbranched alkanes of at least 4 members (excludes halogenated alkanes) is 4. The molecular weight excluding hydrogens is 1120 g/mol. The van der Waals surface area contributed by atoms with Gasteiger partial charge in [-0.1, -0.05) is 102 Å². The number of Topliss-reactive ketones (excluding diaryl/α,β-unsaturated/α-hetero) is 3. The van der Waals surface area contributed by atoms with E-state index in [-0.39, 0.29) is 67.0 Å². The first kappa shape index (κ1) is 71.6. The summed E-state index contributed by atoms with van der Waals surface area (Å²) in [6.45, 7) is 13.1. The number of amides is 1. The van der Waals surface area contributed by atoms with Crippen molar-refractivity contribution in [2.75, 3.05) is 39.7 Å². The largest absolute Gasteiger partial charge is 0.460 e. The molecule has 1 aliphatic carbocycles. The highest BCUT2D eigenvalue weighted by molar-refractivity contribution is 6.39. The molecule has 1 aromatic rings. The summed E-state index contributed by atoms with van der Waals surface area (Å²) in [5, 5.41) is 40.9. The molecule has 0 unspecified atom stereocenters. The number of anilines is 1. The van der Waals surface area contributed by atoms with Crippen molar-refractivity contribution in [3.63, 3.8) is 0 Å². The fourth-order valence-corrected chi connectivity index (χ4v) is 12.5. The molecule has 482 valence electrons. The van der Waals surface area contributed by atoms with Gasteiger partial charge in [0.25, 0.3) is 17.4 Å². The number of carbonyl (C=O) groups excluding carboxylic acids is 6. The quantitative estimate of drug-likeness (QED) is 0.0142. The predicted octanol–water partition coefficient (Wildman–Crippen LogP) is 11.0. The Morgan fingerprint density at radius 3 is 2.34 bits per heavy atom. The summed E-state index contributed by atoms with van der Waals surface area (Å²) in [6, 6.07) is 2.99. The fourth-order valence-electron chi connectivity index (χ4n) is 12.5. The number of benzene rings is 1. The molecule has 0 aromatic heterocycles. The van der Waals surface area contributed by atoms with Crippen LogP contribution < -0.4 is 5.32 Å². The molecule has 1 aromatic carbocycles. The Morgan fingerprint density at radius 1 is 0.908 bits per heavy atom. The zero-order valence-electron chi connectivity index (χ0n) is 52.8. The average Bonchev–Trinajstić information content (AvgIpc) is 3.18. The van der Waals surface area contributed by atoms with Gasteiger partial charge in [0.15, 0.2) is 18.0 Å². The van der Waals surface area contributed by atoms with Gasteiger partial charge in [0, 0.05) is 88.1 Å². The van der Waals surface area contributed by atoms with Crippen LogP contribution in [0.5, 0.6) is 0 Å². The minimum Gasteiger partial charge on any atom is -0.460 e. The highest BCUT2D eigenvalue weighted by atomic mass is 16.6. The van der Waals surface area contributed by atoms with Gasteiger partial charge in [-0.2, -0.15) is 0 Å². The highest BCUT2D eigenvalue weighted by Gasteiger charge is 2.53. The van der Waals surface area contributed by atoms with E-state index < -0.39 is 107 Å². The number of aliphatic hydroxyl groups excluding tert-OH is 1. The van der Waals surface area contributed by atoms with E-state index >= 15 is 0 Å². The van der Waals surface area contributed by atoms with Crippen LogP contribution in [0.1, 0.15) is 164 Å². The smallest absolute Gasteiger partial charge is 0.329 e. The van der Waals surface area contributed by atoms with E-state index in [0.29, 0.717) is 94.9 Å². The van der Waals surface area contributed by atoms with Crippen molar-refractivity contribution >= 4 is 52.3 Å². The van der Waals surface area contributed by atoms with Crippen LogP contribution in [-0.4, -0.2) is 144 Å². The number of aliphatic hydroxyl groups is 2. The van der Waals surface area contributed by atoms with Crippen molar-refractivity contribution in [2.24, 2.45) is 40.6 Å². The topological polar surface area (TPSA) is 305 Å². The van der Waals surface area contributed by atoms with Crippen molar-refractivity contribution in [3.8, 4) is 0 Å². The first-order valence-corrected chi connectivity index (χ1v) is 31.2. The molecule has 5 rings (SSSR count). The van der Waals surface area contributed by atoms with Crippen LogP contribution in [0.25, 0.3) is 10.4 Å². The van der Waals surface area contributed by atoms with Crippen LogP contribution in [0, 0.1) is 45.6 Å². The highest BCUT2D eigenvalue weighted by Crippen LogP contribution is 2.38. The van der Waals surface area contributed by atoms with Crippen LogP contribution >= 0.6 is 0 Å². The predicted molar refractivity (Wildman–Crippen MR) is 327 cm³/mol. The molecule has 3 aliphatic heterocycles. The number of nitrogens with one attached hydrogen (secondary N) is 1. The van der Waals surface area contributed by atoms with Crippen molar-refractivity contribution in [1.29, 1.82) is 0 Å². The third-order valence-corrected chi connectivity index (χ3v) is 17.9. The van der Waals surface area contributed by atoms with Crippen molar-refractivity contribution in [3.05, 3.63) is 86.4 Å². The van der Waals surface area contributed by atoms with Gasteiger partial charge >= 0.3 is 11.9 Å². The number of cyclic esters (lactones) is 1. The van der Waals surface area contributed by atoms with E-state index in [4.69, 9.17) is 34.0 Å². The number of ether oxygens (including phenoxy) is 6. The van der Waals surface area contributed by atoms with Gasteiger partial charge in [0.1, 0.15) is 23.6 Å². The van der Waals surface area contributed by atoms with E-state index in [9.17, 15) is 49.1 Å². The van der Waals surface area contributed by atoms with E-state index in [1.807, 2.05) is 51.2 Å². The van der Waals surface area contributed by atoms with Crippen LogP contribution in [-0.2, 0) is 57.2 Å². The number of esters is 2. The van der Waals surface area contributed by atoms with Gasteiger partial charge in [0.2, 0.25) is 5.79 Å². The molecule has 0 radical (unpaired) electrons. The molecule has 3 N–H and O–H groups in total. The maximum atomic E-state index is 14.7. The van der Waals surface area contributed by atoms with Crippen LogP contribution in [0.2, 0.25) is 0 Å². The molecule has 87 heavy (non-hydrogen) atoms. The molecule has 15 atom stereocenters. The van der Waals surface area contributed by atoms with Crippen LogP contribution in [0.15, 0.2) is 70.9 Å². The van der Waals surface area contributed by atoms with E-state index in [1.54, 1.807) is 48.0 Å². The standard InChI is InChI=1S/C65H96N6O16/c1-40-21-15-14-16-22-41(2)55(82-8)38-49-28-25-46(7)65(79,87-49)62(76)63(77)70-32-20-18-23-51(70)64(78)85-56(43(4)35-47-26-30-53(72)57(36-47)83-9)39-54(73)42(3)34-45(6)60(61(84-10)59(75)44(5)33-40)86-58(74)24-17-12-11-13-19-31-67-50-29-27-48(68-69-66)37-52(50)71(80)81/h14-16,21-22,27,29,34,37,40,42-44,46-47,49,51,53,55-57,60-61,67,72,79H,11-13,17-20,23-26,28,30-33,35-36,38-39H2,1-10H3/b16-14+,21-15+,41-22+,45-34+/t40-,42-,43-,44-,46-,47+,49+,51+,53-,55+,56+,57-,60-,61+,65-/m1/s1. The number of nitro groups is 1. The maximum absolute atomic E-state index is 14.7. The lowest BCUT2D eigenvalue weighted by atomic mass is 9.78. The van der Waals surface area contributed by atoms with Crippen molar-refractivity contribution < 1.29 is 72.3 Å².